The highest BCUT2D eigenvalue weighted by molar-refractivity contribution is 7.89. The number of aryl methyl sites for hydroxylation is 1. The molecule has 1 aromatic heterocycles. The maximum Gasteiger partial charge on any atom is 0.264 e. The number of nitrogens with zero attached hydrogens (tertiary/aromatic N) is 1. The number of aromatic nitrogens is 2. The lowest BCUT2D eigenvalue weighted by Crippen LogP contribution is -2.41. The van der Waals surface area contributed by atoms with E-state index in [1.54, 1.807) is 12.1 Å². The Bertz CT molecular complexity index is 946. The van der Waals surface area contributed by atoms with Gasteiger partial charge in [-0.3, -0.25) is 4.79 Å². The highest BCUT2D eigenvalue weighted by Gasteiger charge is 2.28. The molecule has 0 spiro atoms. The third-order valence-corrected chi connectivity index (χ3v) is 6.92. The summed E-state index contributed by atoms with van der Waals surface area (Å²) in [5.41, 5.74) is 2.51. The average Bonchev–Trinajstić information content (AvgIpc) is 2.59. The Morgan fingerprint density at radius 1 is 1.15 bits per heavy atom. The third-order valence-electron chi connectivity index (χ3n) is 5.30. The van der Waals surface area contributed by atoms with Crippen LogP contribution < -0.4 is 10.3 Å². The van der Waals surface area contributed by atoms with E-state index in [0.717, 1.165) is 36.8 Å². The number of nitrogens with one attached hydrogen (secondary N) is 2. The van der Waals surface area contributed by atoms with Crippen molar-refractivity contribution in [1.29, 1.82) is 0 Å². The van der Waals surface area contributed by atoms with E-state index in [-0.39, 0.29) is 16.5 Å². The van der Waals surface area contributed by atoms with Gasteiger partial charge in [-0.25, -0.2) is 18.2 Å². The Morgan fingerprint density at radius 2 is 1.88 bits per heavy atom. The molecule has 2 aromatic rings. The predicted molar refractivity (Wildman–Crippen MR) is 102 cm³/mol. The second kappa shape index (κ2) is 7.32. The molecule has 1 aliphatic carbocycles. The molecule has 2 unspecified atom stereocenters. The first-order chi connectivity index (χ1) is 12.3. The fourth-order valence-electron chi connectivity index (χ4n) is 3.51. The van der Waals surface area contributed by atoms with Crippen molar-refractivity contribution in [2.45, 2.75) is 57.4 Å². The molecule has 1 aromatic carbocycles. The normalized spacial score (nSPS) is 20.9. The smallest absolute Gasteiger partial charge is 0.264 e. The fourth-order valence-corrected chi connectivity index (χ4v) is 5.24. The first-order valence-electron chi connectivity index (χ1n) is 8.97. The van der Waals surface area contributed by atoms with Gasteiger partial charge in [-0.2, -0.15) is 5.10 Å². The second-order valence-electron chi connectivity index (χ2n) is 7.21. The summed E-state index contributed by atoms with van der Waals surface area (Å²) < 4.78 is 29.0. The Kier molecular flexibility index (Phi) is 5.29. The van der Waals surface area contributed by atoms with Crippen molar-refractivity contribution >= 4 is 10.0 Å². The van der Waals surface area contributed by atoms with Crippen LogP contribution in [-0.2, 0) is 10.0 Å². The highest BCUT2D eigenvalue weighted by atomic mass is 32.2. The van der Waals surface area contributed by atoms with Crippen LogP contribution in [0.1, 0.15) is 43.7 Å². The number of H-pyrrole nitrogens is 1. The van der Waals surface area contributed by atoms with Gasteiger partial charge in [0, 0.05) is 17.7 Å². The number of benzene rings is 1. The fraction of sp³-hybridized carbons (Fsp3) is 0.474. The topological polar surface area (TPSA) is 91.9 Å². The third kappa shape index (κ3) is 3.88. The van der Waals surface area contributed by atoms with Crippen LogP contribution in [-0.4, -0.2) is 24.7 Å². The molecule has 3 rings (SSSR count). The van der Waals surface area contributed by atoms with Crippen molar-refractivity contribution in [1.82, 2.24) is 14.9 Å². The summed E-state index contributed by atoms with van der Waals surface area (Å²) in [6, 6.07) is 6.48. The van der Waals surface area contributed by atoms with Crippen molar-refractivity contribution in [2.24, 2.45) is 5.92 Å². The molecule has 0 saturated heterocycles. The van der Waals surface area contributed by atoms with Crippen LogP contribution in [0.15, 0.2) is 34.0 Å². The molecule has 2 N–H and O–H groups in total. The number of hydrogen-bond acceptors (Lipinski definition) is 4. The molecule has 26 heavy (non-hydrogen) atoms. The Morgan fingerprint density at radius 3 is 2.54 bits per heavy atom. The van der Waals surface area contributed by atoms with Gasteiger partial charge in [0.2, 0.25) is 10.0 Å². The van der Waals surface area contributed by atoms with Crippen LogP contribution >= 0.6 is 0 Å². The maximum absolute atomic E-state index is 13.1. The van der Waals surface area contributed by atoms with Gasteiger partial charge in [0.05, 0.1) is 10.6 Å². The van der Waals surface area contributed by atoms with Gasteiger partial charge in [0.25, 0.3) is 5.56 Å². The Labute approximate surface area is 154 Å². The number of hydrogen-bond donors (Lipinski definition) is 2. The minimum Gasteiger partial charge on any atom is -0.268 e. The predicted octanol–water partition coefficient (Wildman–Crippen LogP) is 2.91. The highest BCUT2D eigenvalue weighted by Crippen LogP contribution is 2.29. The Hall–Kier alpha value is -1.99. The monoisotopic (exact) mass is 375 g/mol. The molecule has 1 saturated carbocycles. The van der Waals surface area contributed by atoms with E-state index in [9.17, 15) is 13.2 Å². The van der Waals surface area contributed by atoms with Crippen LogP contribution in [0.4, 0.5) is 0 Å². The molecule has 0 aliphatic heterocycles. The average molecular weight is 375 g/mol. The quantitative estimate of drug-likeness (QED) is 0.859. The Balaban J connectivity index is 2.00. The van der Waals surface area contributed by atoms with E-state index in [4.69, 9.17) is 0 Å². The van der Waals surface area contributed by atoms with E-state index in [1.165, 1.54) is 6.07 Å². The minimum absolute atomic E-state index is 0.0247. The molecule has 0 radical (unpaired) electrons. The maximum atomic E-state index is 13.1. The van der Waals surface area contributed by atoms with Crippen molar-refractivity contribution in [3.05, 3.63) is 45.7 Å². The molecule has 0 amide bonds. The minimum atomic E-state index is -3.63. The molecule has 1 fully saturated rings. The van der Waals surface area contributed by atoms with Gasteiger partial charge in [-0.05, 0) is 61.9 Å². The second-order valence-corrected chi connectivity index (χ2v) is 8.89. The zero-order chi connectivity index (χ0) is 18.9. The molecule has 2 atom stereocenters. The summed E-state index contributed by atoms with van der Waals surface area (Å²) in [5.74, 6) is 0.337. The molecular formula is C19H25N3O3S. The number of rotatable bonds is 4. The molecule has 7 heteroatoms. The summed E-state index contributed by atoms with van der Waals surface area (Å²) in [6.07, 6.45) is 4.13. The van der Waals surface area contributed by atoms with Crippen LogP contribution in [0.2, 0.25) is 0 Å². The van der Waals surface area contributed by atoms with E-state index >= 15 is 0 Å². The largest absolute Gasteiger partial charge is 0.268 e. The van der Waals surface area contributed by atoms with E-state index < -0.39 is 10.0 Å². The lowest BCUT2D eigenvalue weighted by atomic mass is 9.87. The SMILES string of the molecule is Cc1cc(-c2ccc(=O)[nH]n2)cc(S(=O)(=O)NC2CCCCC2C)c1C. The summed E-state index contributed by atoms with van der Waals surface area (Å²) in [4.78, 5) is 11.5. The molecule has 1 heterocycles. The van der Waals surface area contributed by atoms with Crippen molar-refractivity contribution in [3.63, 3.8) is 0 Å². The van der Waals surface area contributed by atoms with Gasteiger partial charge in [-0.1, -0.05) is 19.8 Å². The first kappa shape index (κ1) is 18.8. The van der Waals surface area contributed by atoms with Crippen molar-refractivity contribution < 1.29 is 8.42 Å². The van der Waals surface area contributed by atoms with Crippen LogP contribution in [0.25, 0.3) is 11.3 Å². The van der Waals surface area contributed by atoms with Crippen LogP contribution in [0.5, 0.6) is 0 Å². The van der Waals surface area contributed by atoms with Gasteiger partial charge < -0.3 is 0 Å². The lowest BCUT2D eigenvalue weighted by molar-refractivity contribution is 0.310. The van der Waals surface area contributed by atoms with Crippen molar-refractivity contribution in [3.8, 4) is 11.3 Å². The zero-order valence-corrected chi connectivity index (χ0v) is 16.2. The van der Waals surface area contributed by atoms with Crippen molar-refractivity contribution in [2.75, 3.05) is 0 Å². The summed E-state index contributed by atoms with van der Waals surface area (Å²) in [5, 5.41) is 6.41. The van der Waals surface area contributed by atoms with E-state index in [0.29, 0.717) is 17.2 Å². The molecule has 140 valence electrons. The molecular weight excluding hydrogens is 350 g/mol. The van der Waals surface area contributed by atoms with Gasteiger partial charge >= 0.3 is 0 Å². The standard InChI is InChI=1S/C19H25N3O3S/c1-12-6-4-5-7-16(12)22-26(24,25)18-11-15(10-13(2)14(18)3)17-8-9-19(23)21-20-17/h8-12,16,22H,4-7H2,1-3H3,(H,21,23). The van der Waals surface area contributed by atoms with Gasteiger partial charge in [0.15, 0.2) is 0 Å². The number of aromatic amines is 1. The molecule has 1 aliphatic rings. The lowest BCUT2D eigenvalue weighted by Gasteiger charge is -2.29. The number of sulfonamides is 1. The van der Waals surface area contributed by atoms with E-state index in [2.05, 4.69) is 21.8 Å². The zero-order valence-electron chi connectivity index (χ0n) is 15.4. The summed E-state index contributed by atoms with van der Waals surface area (Å²) in [7, 11) is -3.63. The van der Waals surface area contributed by atoms with Crippen LogP contribution in [0, 0.1) is 19.8 Å². The molecule has 6 nitrogen and oxygen atoms in total. The van der Waals surface area contributed by atoms with Gasteiger partial charge in [0.1, 0.15) is 0 Å². The summed E-state index contributed by atoms with van der Waals surface area (Å²) >= 11 is 0. The summed E-state index contributed by atoms with van der Waals surface area (Å²) in [6.45, 7) is 5.80. The molecule has 0 bridgehead atoms. The van der Waals surface area contributed by atoms with Gasteiger partial charge in [-0.15, -0.1) is 0 Å². The first-order valence-corrected chi connectivity index (χ1v) is 10.5. The van der Waals surface area contributed by atoms with Crippen LogP contribution in [0.3, 0.4) is 0 Å². The van der Waals surface area contributed by atoms with E-state index in [1.807, 2.05) is 19.9 Å².